The summed E-state index contributed by atoms with van der Waals surface area (Å²) in [4.78, 5) is 11.5. The summed E-state index contributed by atoms with van der Waals surface area (Å²) >= 11 is 0. The zero-order valence-electron chi connectivity index (χ0n) is 7.86. The van der Waals surface area contributed by atoms with Gasteiger partial charge in [-0.25, -0.2) is 8.78 Å². The highest BCUT2D eigenvalue weighted by molar-refractivity contribution is 5.91. The van der Waals surface area contributed by atoms with Gasteiger partial charge < -0.3 is 4.90 Å². The maximum atomic E-state index is 12.4. The summed E-state index contributed by atoms with van der Waals surface area (Å²) in [5.74, 6) is -4.95. The van der Waals surface area contributed by atoms with Gasteiger partial charge in [0, 0.05) is 12.6 Å². The predicted molar refractivity (Wildman–Crippen MR) is 43.4 cm³/mol. The van der Waals surface area contributed by atoms with Crippen molar-refractivity contribution in [2.24, 2.45) is 0 Å². The van der Waals surface area contributed by atoms with Crippen molar-refractivity contribution < 1.29 is 22.4 Å². The van der Waals surface area contributed by atoms with Gasteiger partial charge in [0.15, 0.2) is 0 Å². The van der Waals surface area contributed by atoms with Crippen LogP contribution in [0.25, 0.3) is 0 Å². The van der Waals surface area contributed by atoms with E-state index in [1.165, 1.54) is 6.92 Å². The SMILES string of the molecule is C=C(C)C(=O)N(C)CC(F)(F)C(F)F. The number of carbonyl (C=O) groups excluding carboxylic acids is 1. The normalized spacial score (nSPS) is 11.6. The first kappa shape index (κ1) is 12.9. The Labute approximate surface area is 79.2 Å². The second-order valence-corrected chi connectivity index (χ2v) is 3.00. The first-order valence-corrected chi connectivity index (χ1v) is 3.75. The number of halogens is 4. The number of amides is 1. The zero-order chi connectivity index (χ0) is 11.5. The summed E-state index contributed by atoms with van der Waals surface area (Å²) in [6.07, 6.45) is -3.78. The molecule has 0 saturated carbocycles. The van der Waals surface area contributed by atoms with E-state index in [1.54, 1.807) is 0 Å². The van der Waals surface area contributed by atoms with Gasteiger partial charge in [-0.05, 0) is 6.92 Å². The molecule has 1 amide bonds. The molecule has 0 aromatic rings. The van der Waals surface area contributed by atoms with Crippen molar-refractivity contribution in [3.63, 3.8) is 0 Å². The Kier molecular flexibility index (Phi) is 4.09. The molecule has 0 aromatic heterocycles. The van der Waals surface area contributed by atoms with Crippen molar-refractivity contribution in [2.75, 3.05) is 13.6 Å². The van der Waals surface area contributed by atoms with E-state index in [4.69, 9.17) is 0 Å². The summed E-state index contributed by atoms with van der Waals surface area (Å²) in [6.45, 7) is 3.24. The van der Waals surface area contributed by atoms with Gasteiger partial charge in [0.2, 0.25) is 5.91 Å². The Balaban J connectivity index is 4.39. The lowest BCUT2D eigenvalue weighted by atomic mass is 10.2. The Morgan fingerprint density at radius 2 is 1.93 bits per heavy atom. The second kappa shape index (κ2) is 4.43. The Hall–Kier alpha value is -1.07. The van der Waals surface area contributed by atoms with E-state index >= 15 is 0 Å². The van der Waals surface area contributed by atoms with Crippen LogP contribution in [-0.2, 0) is 4.79 Å². The maximum absolute atomic E-state index is 12.4. The van der Waals surface area contributed by atoms with Crippen molar-refractivity contribution >= 4 is 5.91 Å². The highest BCUT2D eigenvalue weighted by Crippen LogP contribution is 2.23. The minimum absolute atomic E-state index is 0.0255. The molecular weight excluding hydrogens is 202 g/mol. The fraction of sp³-hybridized carbons (Fsp3) is 0.625. The van der Waals surface area contributed by atoms with E-state index in [2.05, 4.69) is 6.58 Å². The van der Waals surface area contributed by atoms with E-state index in [0.717, 1.165) is 7.05 Å². The van der Waals surface area contributed by atoms with Crippen LogP contribution >= 0.6 is 0 Å². The third-order valence-corrected chi connectivity index (χ3v) is 1.48. The molecule has 2 nitrogen and oxygen atoms in total. The molecule has 0 heterocycles. The van der Waals surface area contributed by atoms with E-state index in [1.807, 2.05) is 0 Å². The van der Waals surface area contributed by atoms with Gasteiger partial charge in [-0.1, -0.05) is 6.58 Å². The lowest BCUT2D eigenvalue weighted by molar-refractivity contribution is -0.151. The summed E-state index contributed by atoms with van der Waals surface area (Å²) in [5, 5.41) is 0. The molecule has 0 rings (SSSR count). The molecule has 0 aliphatic heterocycles. The van der Waals surface area contributed by atoms with Crippen molar-refractivity contribution in [1.29, 1.82) is 0 Å². The minimum atomic E-state index is -4.18. The molecule has 0 bridgehead atoms. The summed E-state index contributed by atoms with van der Waals surface area (Å²) in [5.41, 5.74) is 0.0255. The van der Waals surface area contributed by atoms with Crippen LogP contribution in [0.2, 0.25) is 0 Å². The summed E-state index contributed by atoms with van der Waals surface area (Å²) < 4.78 is 48.3. The van der Waals surface area contributed by atoms with E-state index in [9.17, 15) is 22.4 Å². The van der Waals surface area contributed by atoms with Crippen LogP contribution in [0.15, 0.2) is 12.2 Å². The van der Waals surface area contributed by atoms with Crippen LogP contribution in [0.4, 0.5) is 17.6 Å². The van der Waals surface area contributed by atoms with Crippen molar-refractivity contribution in [3.05, 3.63) is 12.2 Å². The first-order chi connectivity index (χ1) is 6.18. The number of likely N-dealkylation sites (N-methyl/N-ethyl adjacent to an activating group) is 1. The zero-order valence-corrected chi connectivity index (χ0v) is 7.86. The van der Waals surface area contributed by atoms with Gasteiger partial charge in [-0.15, -0.1) is 0 Å². The monoisotopic (exact) mass is 213 g/mol. The summed E-state index contributed by atoms with van der Waals surface area (Å²) in [7, 11) is 1.02. The largest absolute Gasteiger partial charge is 0.336 e. The average molecular weight is 213 g/mol. The predicted octanol–water partition coefficient (Wildman–Crippen LogP) is 1.92. The molecule has 0 N–H and O–H groups in total. The third kappa shape index (κ3) is 3.35. The van der Waals surface area contributed by atoms with Gasteiger partial charge >= 0.3 is 12.3 Å². The van der Waals surface area contributed by atoms with E-state index < -0.39 is 24.8 Å². The molecule has 0 spiro atoms. The summed E-state index contributed by atoms with van der Waals surface area (Å²) in [6, 6.07) is 0. The number of alkyl halides is 4. The van der Waals surface area contributed by atoms with Crippen molar-refractivity contribution in [1.82, 2.24) is 4.90 Å². The van der Waals surface area contributed by atoms with Gasteiger partial charge in [-0.2, -0.15) is 8.78 Å². The molecule has 0 aliphatic carbocycles. The van der Waals surface area contributed by atoms with Gasteiger partial charge in [0.05, 0.1) is 6.54 Å². The number of hydrogen-bond donors (Lipinski definition) is 0. The fourth-order valence-electron chi connectivity index (χ4n) is 0.783. The molecule has 0 aromatic carbocycles. The molecule has 82 valence electrons. The quantitative estimate of drug-likeness (QED) is 0.516. The van der Waals surface area contributed by atoms with Crippen LogP contribution in [0, 0.1) is 0 Å². The second-order valence-electron chi connectivity index (χ2n) is 3.00. The number of nitrogens with zero attached hydrogens (tertiary/aromatic N) is 1. The smallest absolute Gasteiger partial charge is 0.324 e. The van der Waals surface area contributed by atoms with E-state index in [-0.39, 0.29) is 5.57 Å². The number of hydrogen-bond acceptors (Lipinski definition) is 1. The Morgan fingerprint density at radius 3 is 2.21 bits per heavy atom. The molecule has 0 aliphatic rings. The molecule has 0 radical (unpaired) electrons. The van der Waals surface area contributed by atoms with Crippen LogP contribution in [-0.4, -0.2) is 36.7 Å². The van der Waals surface area contributed by atoms with Gasteiger partial charge in [0.1, 0.15) is 0 Å². The van der Waals surface area contributed by atoms with Crippen LogP contribution in [0.5, 0.6) is 0 Å². The van der Waals surface area contributed by atoms with Gasteiger partial charge in [0.25, 0.3) is 0 Å². The van der Waals surface area contributed by atoms with Crippen LogP contribution < -0.4 is 0 Å². The van der Waals surface area contributed by atoms with Gasteiger partial charge in [-0.3, -0.25) is 4.79 Å². The number of carbonyl (C=O) groups is 1. The Bertz CT molecular complexity index is 239. The molecule has 6 heteroatoms. The molecule has 14 heavy (non-hydrogen) atoms. The first-order valence-electron chi connectivity index (χ1n) is 3.75. The lowest BCUT2D eigenvalue weighted by Crippen LogP contribution is -2.42. The van der Waals surface area contributed by atoms with Crippen LogP contribution in [0.3, 0.4) is 0 Å². The molecule has 0 unspecified atom stereocenters. The minimum Gasteiger partial charge on any atom is -0.336 e. The standard InChI is InChI=1S/C8H11F4NO/c1-5(2)6(14)13(3)4-8(11,12)7(9)10/h7H,1,4H2,2-3H3. The Morgan fingerprint density at radius 1 is 1.50 bits per heavy atom. The fourth-order valence-corrected chi connectivity index (χ4v) is 0.783. The van der Waals surface area contributed by atoms with Crippen molar-refractivity contribution in [2.45, 2.75) is 19.3 Å². The van der Waals surface area contributed by atoms with E-state index in [0.29, 0.717) is 4.90 Å². The highest BCUT2D eigenvalue weighted by Gasteiger charge is 2.42. The topological polar surface area (TPSA) is 20.3 Å². The lowest BCUT2D eigenvalue weighted by Gasteiger charge is -2.23. The average Bonchev–Trinajstić information content (AvgIpc) is 2.01. The highest BCUT2D eigenvalue weighted by atomic mass is 19.3. The third-order valence-electron chi connectivity index (χ3n) is 1.48. The maximum Gasteiger partial charge on any atom is 0.324 e. The molecule has 0 saturated heterocycles. The molecular formula is C8H11F4NO. The molecule has 0 fully saturated rings. The number of rotatable bonds is 4. The van der Waals surface area contributed by atoms with Crippen LogP contribution in [0.1, 0.15) is 6.92 Å². The van der Waals surface area contributed by atoms with Crippen molar-refractivity contribution in [3.8, 4) is 0 Å². The molecule has 0 atom stereocenters.